The zero-order chi connectivity index (χ0) is 68.1. The van der Waals surface area contributed by atoms with Gasteiger partial charge in [-0.15, -0.1) is 0 Å². The quantitative estimate of drug-likeness (QED) is 0.00851. The van der Waals surface area contributed by atoms with Crippen LogP contribution in [0.5, 0.6) is 23.0 Å². The number of hydrogen-bond donors (Lipinski definition) is 6. The van der Waals surface area contributed by atoms with Crippen LogP contribution < -0.4 is 10.1 Å². The molecule has 4 unspecified atom stereocenters. The van der Waals surface area contributed by atoms with Crippen molar-refractivity contribution in [3.05, 3.63) is 161 Å². The molecule has 6 N–H and O–H groups in total. The average Bonchev–Trinajstić information content (AvgIpc) is 1.46. The van der Waals surface area contributed by atoms with Crippen LogP contribution in [0, 0.1) is 30.6 Å². The maximum Gasteiger partial charge on any atom is 0.338 e. The number of Topliss-reactive ketones (excluding diaryl/α,β-unsaturated/α-hetero) is 1. The van der Waals surface area contributed by atoms with E-state index in [1.54, 1.807) is 101 Å². The molecular formula is C72H85N3O19. The first-order valence-corrected chi connectivity index (χ1v) is 31.7. The summed E-state index contributed by atoms with van der Waals surface area (Å²) in [6.07, 6.45) is 2.83. The fourth-order valence-electron chi connectivity index (χ4n) is 12.0. The number of rotatable bonds is 19. The van der Waals surface area contributed by atoms with Gasteiger partial charge in [0.15, 0.2) is 24.2 Å². The van der Waals surface area contributed by atoms with Gasteiger partial charge in [-0.25, -0.2) is 14.4 Å². The first kappa shape index (κ1) is 70.8. The summed E-state index contributed by atoms with van der Waals surface area (Å²) >= 11 is 0. The van der Waals surface area contributed by atoms with E-state index in [-0.39, 0.29) is 45.7 Å². The lowest BCUT2D eigenvalue weighted by atomic mass is 9.78. The molecule has 22 heteroatoms. The topological polar surface area (TPSA) is 305 Å². The van der Waals surface area contributed by atoms with Crippen molar-refractivity contribution in [1.82, 2.24) is 5.01 Å². The monoisotopic (exact) mass is 1300 g/mol. The van der Waals surface area contributed by atoms with Crippen molar-refractivity contribution < 1.29 is 92.2 Å². The molecule has 4 aliphatic heterocycles. The summed E-state index contributed by atoms with van der Waals surface area (Å²) in [5.74, 6) is -12.4. The van der Waals surface area contributed by atoms with E-state index in [0.29, 0.717) is 12.8 Å². The van der Waals surface area contributed by atoms with Gasteiger partial charge in [-0.05, 0) is 62.7 Å². The van der Waals surface area contributed by atoms with Gasteiger partial charge in [-0.2, -0.15) is 5.10 Å². The number of unbranched alkanes of at least 4 members (excludes halogenated alkanes) is 5. The van der Waals surface area contributed by atoms with Crippen molar-refractivity contribution in [2.45, 2.75) is 156 Å². The van der Waals surface area contributed by atoms with Crippen LogP contribution in [0.2, 0.25) is 0 Å². The fourth-order valence-corrected chi connectivity index (χ4v) is 12.0. The zero-order valence-corrected chi connectivity index (χ0v) is 54.6. The minimum atomic E-state index is -2.23. The van der Waals surface area contributed by atoms with Crippen molar-refractivity contribution in [3.63, 3.8) is 0 Å². The van der Waals surface area contributed by atoms with Crippen molar-refractivity contribution in [2.75, 3.05) is 25.6 Å². The standard InChI is InChI=1S/C72H85N3O19/c1-11-12-13-14-15-25-36-75(68-65(93-71(86)49-33-23-18-24-34-49)64(92-70(85)48-31-21-17-22-32-48)52(91-68)39-88-69(84)47-29-19-16-20-30-47)73-38-50-56-61(81)54-53(60(50)80)55-63(45(7)59(54)79)94-72(9,66(55)82)89-37-35-51(87-10)42(4)62(90-46(8)76)44(6)58(78)43(5)57(77)40(2)27-26-28-41(3)67(83)74-56/h16-24,26-35,37-38,40,42-44,51-52,57-58,62,64-65,68,77-81H,11-15,25,36,39H2,1-10H3,(H,74,83)/b27-26+,37-35+,41-28-,73-38+/t40-,42+,43+,44+,51-,52?,57-,58+,62+,64?,65?,68?,72-/m0/s1. The molecule has 1 amide bonds. The minimum absolute atomic E-state index is 0.0146. The first-order valence-electron chi connectivity index (χ1n) is 31.7. The summed E-state index contributed by atoms with van der Waals surface area (Å²) in [6, 6.07) is 24.2. The highest BCUT2D eigenvalue weighted by Gasteiger charge is 2.54. The molecule has 22 nitrogen and oxygen atoms in total. The SMILES string of the molecule is CCCCCCCCN(/N=C/c1c2c(O)c3c(O)c(C)c4c(c3c1O)C(=O)[C@@](C)(O/C=C/[C@H](OC)[C@@H](C)[C@@H](OC(C)=O)[C@H](C)[C@H](O)[C@H](C)[C@@H](O)[C@@H](C)/C=C/C=C(/C)C(=O)N2)O4)C1OC(COC(=O)c2ccccc2)C(OC(=O)c2ccccc2)C1OC(=O)c1ccccc1. The number of fused-ring (bicyclic) bond motifs is 14. The summed E-state index contributed by atoms with van der Waals surface area (Å²) in [6.45, 7) is 13.7. The van der Waals surface area contributed by atoms with Crippen LogP contribution in [-0.2, 0) is 42.7 Å². The summed E-state index contributed by atoms with van der Waals surface area (Å²) in [4.78, 5) is 84.5. The van der Waals surface area contributed by atoms with E-state index in [9.17, 15) is 49.5 Å². The number of aromatic hydroxyl groups is 3. The Morgan fingerprint density at radius 1 is 0.702 bits per heavy atom. The number of nitrogens with zero attached hydrogens (tertiary/aromatic N) is 2. The predicted octanol–water partition coefficient (Wildman–Crippen LogP) is 10.8. The molecule has 502 valence electrons. The number of ketones is 1. The molecule has 0 saturated carbocycles. The van der Waals surface area contributed by atoms with Gasteiger partial charge < -0.3 is 68.7 Å². The smallest absolute Gasteiger partial charge is 0.338 e. The van der Waals surface area contributed by atoms with E-state index in [2.05, 4.69) is 12.2 Å². The summed E-state index contributed by atoms with van der Waals surface area (Å²) in [7, 11) is 1.40. The van der Waals surface area contributed by atoms with E-state index in [4.69, 9.17) is 43.0 Å². The Morgan fingerprint density at radius 2 is 1.29 bits per heavy atom. The third-order valence-electron chi connectivity index (χ3n) is 17.6. The number of hydrazone groups is 1. The molecule has 4 heterocycles. The van der Waals surface area contributed by atoms with Gasteiger partial charge in [0.05, 0.1) is 69.7 Å². The van der Waals surface area contributed by atoms with Crippen molar-refractivity contribution in [2.24, 2.45) is 28.8 Å². The fraction of sp³-hybridized carbons (Fsp3) is 0.431. The number of methoxy groups -OCH3 is 1. The number of aliphatic hydroxyl groups excluding tert-OH is 2. The number of esters is 4. The Hall–Kier alpha value is -9.09. The maximum absolute atomic E-state index is 15.2. The molecule has 9 rings (SSSR count). The molecule has 5 bridgehead atoms. The molecule has 0 spiro atoms. The number of phenols is 3. The van der Waals surface area contributed by atoms with Crippen molar-refractivity contribution >= 4 is 58.2 Å². The number of aliphatic hydroxyl groups is 2. The lowest BCUT2D eigenvalue weighted by Crippen LogP contribution is -2.46. The Morgan fingerprint density at radius 3 is 1.88 bits per heavy atom. The van der Waals surface area contributed by atoms with Gasteiger partial charge in [-0.1, -0.05) is 140 Å². The molecule has 1 saturated heterocycles. The number of allylic oxidation sites excluding steroid dienone is 2. The van der Waals surface area contributed by atoms with E-state index in [1.165, 1.54) is 82.3 Å². The molecule has 0 radical (unpaired) electrons. The van der Waals surface area contributed by atoms with Gasteiger partial charge in [0, 0.05) is 67.7 Å². The highest BCUT2D eigenvalue weighted by Crippen LogP contribution is 2.55. The van der Waals surface area contributed by atoms with Crippen LogP contribution in [0.3, 0.4) is 0 Å². The molecule has 0 aliphatic carbocycles. The number of ether oxygens (including phenoxy) is 8. The molecule has 1 fully saturated rings. The van der Waals surface area contributed by atoms with Gasteiger partial charge in [0.1, 0.15) is 36.1 Å². The second-order valence-corrected chi connectivity index (χ2v) is 24.3. The van der Waals surface area contributed by atoms with Crippen LogP contribution in [0.1, 0.15) is 146 Å². The largest absolute Gasteiger partial charge is 0.507 e. The zero-order valence-electron chi connectivity index (χ0n) is 54.6. The highest BCUT2D eigenvalue weighted by atomic mass is 16.7. The van der Waals surface area contributed by atoms with Gasteiger partial charge >= 0.3 is 29.7 Å². The molecule has 5 aromatic carbocycles. The molecular weight excluding hydrogens is 1210 g/mol. The molecule has 13 atom stereocenters. The molecule has 5 aromatic rings. The Bertz CT molecular complexity index is 3650. The summed E-state index contributed by atoms with van der Waals surface area (Å²) in [5.41, 5.74) is -0.837. The number of anilines is 1. The number of carbonyl (C=O) groups excluding carboxylic acids is 6. The Kier molecular flexibility index (Phi) is 23.9. The van der Waals surface area contributed by atoms with Gasteiger partial charge in [0.2, 0.25) is 0 Å². The predicted molar refractivity (Wildman–Crippen MR) is 348 cm³/mol. The van der Waals surface area contributed by atoms with Crippen LogP contribution in [0.4, 0.5) is 5.69 Å². The minimum Gasteiger partial charge on any atom is -0.507 e. The number of nitrogens with one attached hydrogen (secondary N) is 1. The third kappa shape index (κ3) is 15.9. The summed E-state index contributed by atoms with van der Waals surface area (Å²) in [5, 5.41) is 69.3. The lowest BCUT2D eigenvalue weighted by molar-refractivity contribution is -0.160. The third-order valence-corrected chi connectivity index (χ3v) is 17.6. The molecule has 4 aliphatic rings. The lowest BCUT2D eigenvalue weighted by Gasteiger charge is -2.38. The van der Waals surface area contributed by atoms with E-state index < -0.39 is 160 Å². The van der Waals surface area contributed by atoms with E-state index in [0.717, 1.165) is 38.2 Å². The van der Waals surface area contributed by atoms with E-state index >= 15 is 4.79 Å². The number of phenolic OH excluding ortho intramolecular Hbond substituents is 3. The van der Waals surface area contributed by atoms with Crippen LogP contribution in [-0.4, -0.2) is 147 Å². The number of hydrogen-bond acceptors (Lipinski definition) is 21. The molecule has 94 heavy (non-hydrogen) atoms. The normalized spacial score (nSPS) is 27.0. The number of benzene rings is 5. The van der Waals surface area contributed by atoms with Gasteiger partial charge in [-0.3, -0.25) is 19.4 Å². The van der Waals surface area contributed by atoms with Crippen LogP contribution >= 0.6 is 0 Å². The highest BCUT2D eigenvalue weighted by molar-refractivity contribution is 6.24. The number of amides is 1. The molecule has 0 aromatic heterocycles. The van der Waals surface area contributed by atoms with Gasteiger partial charge in [0.25, 0.3) is 11.7 Å². The summed E-state index contributed by atoms with van der Waals surface area (Å²) < 4.78 is 49.3. The Balaban J connectivity index is 1.31. The Labute approximate surface area is 546 Å². The van der Waals surface area contributed by atoms with Crippen molar-refractivity contribution in [1.29, 1.82) is 0 Å². The van der Waals surface area contributed by atoms with Crippen LogP contribution in [0.25, 0.3) is 10.8 Å². The first-order chi connectivity index (χ1) is 44.9. The van der Waals surface area contributed by atoms with Crippen molar-refractivity contribution in [3.8, 4) is 23.0 Å². The van der Waals surface area contributed by atoms with Crippen LogP contribution in [0.15, 0.2) is 132 Å². The second kappa shape index (κ2) is 31.7. The second-order valence-electron chi connectivity index (χ2n) is 24.3. The average molecular weight is 1300 g/mol. The number of carbonyl (C=O) groups is 6. The maximum atomic E-state index is 15.2. The van der Waals surface area contributed by atoms with E-state index in [1.807, 2.05) is 0 Å².